The standard InChI is InChI=1S/C27H32F2N8O4/c1-5-27(2,38)16-8-17(28)18(29)9-19(16)32-25-30-14-31-26(34-25)33-20-10-22(37(39)40)21(11-24(20)41-4)36-7-6-15-12-35(3)13-23(15)36/h8-11,14-15,23,38H,5-7,12-13H2,1-4H3,(H2,30,31,32,33,34)/t15-,23+,27?/m0/s1. The van der Waals surface area contributed by atoms with Gasteiger partial charge in [-0.2, -0.15) is 4.98 Å². The van der Waals surface area contributed by atoms with Crippen molar-refractivity contribution in [1.82, 2.24) is 19.9 Å². The lowest BCUT2D eigenvalue weighted by Crippen LogP contribution is -2.34. The maximum absolute atomic E-state index is 14.1. The average molecular weight is 571 g/mol. The predicted molar refractivity (Wildman–Crippen MR) is 149 cm³/mol. The van der Waals surface area contributed by atoms with Crippen LogP contribution in [0.4, 0.5) is 43.4 Å². The molecule has 41 heavy (non-hydrogen) atoms. The number of hydrogen-bond donors (Lipinski definition) is 3. The molecule has 1 aromatic heterocycles. The van der Waals surface area contributed by atoms with Crippen molar-refractivity contribution in [2.24, 2.45) is 5.92 Å². The Kier molecular flexibility index (Phi) is 7.62. The van der Waals surface area contributed by atoms with E-state index >= 15 is 0 Å². The fraction of sp³-hybridized carbons (Fsp3) is 0.444. The number of nitrogens with one attached hydrogen (secondary N) is 2. The first-order valence-corrected chi connectivity index (χ1v) is 13.3. The van der Waals surface area contributed by atoms with E-state index in [-0.39, 0.29) is 47.0 Å². The van der Waals surface area contributed by atoms with E-state index in [9.17, 15) is 24.0 Å². The normalized spacial score (nSPS) is 20.0. The third-order valence-corrected chi connectivity index (χ3v) is 7.93. The molecule has 0 bridgehead atoms. The first-order valence-electron chi connectivity index (χ1n) is 13.3. The second kappa shape index (κ2) is 11.0. The van der Waals surface area contributed by atoms with Gasteiger partial charge in [-0.1, -0.05) is 6.92 Å². The van der Waals surface area contributed by atoms with Crippen molar-refractivity contribution in [2.45, 2.75) is 38.3 Å². The van der Waals surface area contributed by atoms with Crippen LogP contribution in [0.3, 0.4) is 0 Å². The van der Waals surface area contributed by atoms with Crippen LogP contribution in [0, 0.1) is 27.7 Å². The van der Waals surface area contributed by atoms with Crippen LogP contribution in [0.15, 0.2) is 30.6 Å². The molecule has 0 saturated carbocycles. The SMILES string of the molecule is CCC(C)(O)c1cc(F)c(F)cc1Nc1ncnc(Nc2cc([N+](=O)[O-])c(N3CC[C@H]4CN(C)C[C@H]43)cc2OC)n1. The highest BCUT2D eigenvalue weighted by Crippen LogP contribution is 2.44. The van der Waals surface area contributed by atoms with Crippen LogP contribution in [0.5, 0.6) is 5.75 Å². The highest BCUT2D eigenvalue weighted by molar-refractivity contribution is 5.77. The number of rotatable bonds is 9. The van der Waals surface area contributed by atoms with E-state index in [2.05, 4.69) is 42.4 Å². The Bertz CT molecular complexity index is 1470. The predicted octanol–water partition coefficient (Wildman–Crippen LogP) is 4.31. The molecule has 2 saturated heterocycles. The van der Waals surface area contributed by atoms with E-state index in [1.807, 2.05) is 0 Å². The van der Waals surface area contributed by atoms with Crippen molar-refractivity contribution in [2.75, 3.05) is 49.3 Å². The van der Waals surface area contributed by atoms with Gasteiger partial charge in [-0.15, -0.1) is 0 Å². The fourth-order valence-electron chi connectivity index (χ4n) is 5.62. The number of benzene rings is 2. The number of nitrogens with zero attached hydrogens (tertiary/aromatic N) is 6. The van der Waals surface area contributed by atoms with E-state index < -0.39 is 22.2 Å². The van der Waals surface area contributed by atoms with Crippen LogP contribution >= 0.6 is 0 Å². The minimum absolute atomic E-state index is 0.0212. The lowest BCUT2D eigenvalue weighted by molar-refractivity contribution is -0.384. The van der Waals surface area contributed by atoms with Crippen LogP contribution in [0.25, 0.3) is 0 Å². The number of halogens is 2. The molecule has 2 fully saturated rings. The molecule has 3 N–H and O–H groups in total. The molecule has 3 heterocycles. The molecule has 12 nitrogen and oxygen atoms in total. The Morgan fingerprint density at radius 1 is 1.15 bits per heavy atom. The number of ether oxygens (including phenoxy) is 1. The third kappa shape index (κ3) is 5.57. The molecule has 14 heteroatoms. The summed E-state index contributed by atoms with van der Waals surface area (Å²) in [6, 6.07) is 5.08. The van der Waals surface area contributed by atoms with Crippen molar-refractivity contribution in [3.8, 4) is 5.75 Å². The number of fused-ring (bicyclic) bond motifs is 1. The number of hydrogen-bond acceptors (Lipinski definition) is 11. The van der Waals surface area contributed by atoms with Crippen molar-refractivity contribution in [3.05, 3.63) is 57.9 Å². The summed E-state index contributed by atoms with van der Waals surface area (Å²) in [5.41, 5.74) is -0.577. The molecule has 2 aliphatic heterocycles. The number of nitro groups is 1. The Labute approximate surface area is 235 Å². The smallest absolute Gasteiger partial charge is 0.294 e. The maximum atomic E-state index is 14.1. The summed E-state index contributed by atoms with van der Waals surface area (Å²) in [6.45, 7) is 5.71. The van der Waals surface area contributed by atoms with Crippen molar-refractivity contribution < 1.29 is 23.5 Å². The molecule has 1 unspecified atom stereocenters. The summed E-state index contributed by atoms with van der Waals surface area (Å²) < 4.78 is 33.7. The van der Waals surface area contributed by atoms with Gasteiger partial charge >= 0.3 is 0 Å². The van der Waals surface area contributed by atoms with Gasteiger partial charge in [0.15, 0.2) is 11.6 Å². The number of aliphatic hydroxyl groups is 1. The lowest BCUT2D eigenvalue weighted by atomic mass is 9.91. The minimum atomic E-state index is -1.46. The number of nitro benzene ring substituents is 1. The Balaban J connectivity index is 1.45. The largest absolute Gasteiger partial charge is 0.494 e. The Hall–Kier alpha value is -4.17. The summed E-state index contributed by atoms with van der Waals surface area (Å²) >= 11 is 0. The molecule has 218 valence electrons. The molecule has 3 atom stereocenters. The highest BCUT2D eigenvalue weighted by atomic mass is 19.2. The van der Waals surface area contributed by atoms with Crippen LogP contribution in [0.2, 0.25) is 0 Å². The molecule has 0 spiro atoms. The van der Waals surface area contributed by atoms with Crippen LogP contribution in [-0.2, 0) is 5.60 Å². The van der Waals surface area contributed by atoms with Crippen molar-refractivity contribution >= 4 is 34.6 Å². The number of likely N-dealkylation sites (N-methyl/N-ethyl adjacent to an activating group) is 1. The summed E-state index contributed by atoms with van der Waals surface area (Å²) in [7, 11) is 3.52. The van der Waals surface area contributed by atoms with Gasteiger partial charge < -0.3 is 30.3 Å². The molecule has 2 aliphatic rings. The first kappa shape index (κ1) is 28.4. The topological polar surface area (TPSA) is 142 Å². The van der Waals surface area contributed by atoms with Gasteiger partial charge in [0.2, 0.25) is 11.9 Å². The zero-order valence-electron chi connectivity index (χ0n) is 23.2. The molecule has 5 rings (SSSR count). The van der Waals surface area contributed by atoms with E-state index in [0.717, 1.165) is 38.2 Å². The van der Waals surface area contributed by atoms with Crippen molar-refractivity contribution in [1.29, 1.82) is 0 Å². The summed E-state index contributed by atoms with van der Waals surface area (Å²) in [6.07, 6.45) is 2.38. The average Bonchev–Trinajstić information content (AvgIpc) is 3.49. The Morgan fingerprint density at radius 2 is 1.83 bits per heavy atom. The number of aromatic nitrogens is 3. The summed E-state index contributed by atoms with van der Waals surface area (Å²) in [4.78, 5) is 28.5. The third-order valence-electron chi connectivity index (χ3n) is 7.93. The number of anilines is 5. The van der Waals surface area contributed by atoms with E-state index in [0.29, 0.717) is 17.4 Å². The van der Waals surface area contributed by atoms with Crippen LogP contribution in [0.1, 0.15) is 32.3 Å². The highest BCUT2D eigenvalue weighted by Gasteiger charge is 2.42. The van der Waals surface area contributed by atoms with E-state index in [1.165, 1.54) is 26.4 Å². The molecular weight excluding hydrogens is 538 g/mol. The lowest BCUT2D eigenvalue weighted by Gasteiger charge is -2.27. The van der Waals surface area contributed by atoms with Crippen LogP contribution in [-0.4, -0.2) is 69.7 Å². The van der Waals surface area contributed by atoms with E-state index in [4.69, 9.17) is 4.74 Å². The van der Waals surface area contributed by atoms with Gasteiger partial charge in [-0.05, 0) is 38.8 Å². The first-order chi connectivity index (χ1) is 19.5. The number of methoxy groups -OCH3 is 1. The van der Waals surface area contributed by atoms with Gasteiger partial charge in [0.05, 0.1) is 29.0 Å². The van der Waals surface area contributed by atoms with Gasteiger partial charge in [0.1, 0.15) is 17.8 Å². The summed E-state index contributed by atoms with van der Waals surface area (Å²) in [5.74, 6) is -1.40. The summed E-state index contributed by atoms with van der Waals surface area (Å²) in [5, 5.41) is 28.7. The molecule has 2 aromatic carbocycles. The molecule has 3 aromatic rings. The monoisotopic (exact) mass is 570 g/mol. The quantitative estimate of drug-likeness (QED) is 0.250. The molecule has 0 radical (unpaired) electrons. The Morgan fingerprint density at radius 3 is 2.49 bits per heavy atom. The molecule has 0 amide bonds. The van der Waals surface area contributed by atoms with Gasteiger partial charge in [0, 0.05) is 49.4 Å². The van der Waals surface area contributed by atoms with Crippen molar-refractivity contribution in [3.63, 3.8) is 0 Å². The maximum Gasteiger partial charge on any atom is 0.294 e. The fourth-order valence-corrected chi connectivity index (χ4v) is 5.62. The molecule has 0 aliphatic carbocycles. The van der Waals surface area contributed by atoms with Gasteiger partial charge in [-0.25, -0.2) is 18.7 Å². The van der Waals surface area contributed by atoms with Gasteiger partial charge in [-0.3, -0.25) is 10.1 Å². The van der Waals surface area contributed by atoms with E-state index in [1.54, 1.807) is 13.0 Å². The number of likely N-dealkylation sites (tertiary alicyclic amines) is 1. The molecular formula is C27H32F2N8O4. The van der Waals surface area contributed by atoms with Crippen LogP contribution < -0.4 is 20.3 Å². The van der Waals surface area contributed by atoms with Gasteiger partial charge in [0.25, 0.3) is 5.69 Å². The minimum Gasteiger partial charge on any atom is -0.494 e. The second-order valence-electron chi connectivity index (χ2n) is 10.7. The zero-order chi connectivity index (χ0) is 29.5. The second-order valence-corrected chi connectivity index (χ2v) is 10.7. The zero-order valence-corrected chi connectivity index (χ0v) is 23.2.